The van der Waals surface area contributed by atoms with Crippen LogP contribution in [0.25, 0.3) is 16.8 Å². The summed E-state index contributed by atoms with van der Waals surface area (Å²) in [5.41, 5.74) is 4.29. The van der Waals surface area contributed by atoms with Crippen molar-refractivity contribution in [2.45, 2.75) is 6.92 Å². The fraction of sp³-hybridized carbons (Fsp3) is 0.158. The maximum Gasteiger partial charge on any atom is 0.229 e. The van der Waals surface area contributed by atoms with Gasteiger partial charge in [-0.3, -0.25) is 4.98 Å². The van der Waals surface area contributed by atoms with E-state index in [1.807, 2.05) is 50.5 Å². The van der Waals surface area contributed by atoms with Crippen molar-refractivity contribution in [2.75, 3.05) is 24.8 Å². The quantitative estimate of drug-likeness (QED) is 0.564. The second kappa shape index (κ2) is 6.91. The van der Waals surface area contributed by atoms with E-state index in [0.29, 0.717) is 5.95 Å². The minimum atomic E-state index is 0.523. The highest BCUT2D eigenvalue weighted by molar-refractivity contribution is 5.75. The van der Waals surface area contributed by atoms with Crippen molar-refractivity contribution in [2.24, 2.45) is 0 Å². The van der Waals surface area contributed by atoms with E-state index in [1.165, 1.54) is 0 Å². The van der Waals surface area contributed by atoms with Gasteiger partial charge in [-0.2, -0.15) is 10.1 Å². The van der Waals surface area contributed by atoms with Crippen LogP contribution in [0.15, 0.2) is 48.9 Å². The van der Waals surface area contributed by atoms with Crippen LogP contribution >= 0.6 is 0 Å². The summed E-state index contributed by atoms with van der Waals surface area (Å²) in [6.45, 7) is 1.93. The van der Waals surface area contributed by atoms with Crippen LogP contribution in [0.3, 0.4) is 0 Å². The Morgan fingerprint density at radius 2 is 2.00 bits per heavy atom. The van der Waals surface area contributed by atoms with Crippen LogP contribution in [-0.4, -0.2) is 38.7 Å². The van der Waals surface area contributed by atoms with Crippen molar-refractivity contribution in [1.29, 1.82) is 0 Å². The molecule has 0 radical (unpaired) electrons. The summed E-state index contributed by atoms with van der Waals surface area (Å²) in [5, 5.41) is 10.9. The fourth-order valence-corrected chi connectivity index (χ4v) is 2.84. The van der Waals surface area contributed by atoms with Crippen molar-refractivity contribution in [1.82, 2.24) is 24.6 Å². The smallest absolute Gasteiger partial charge is 0.229 e. The number of hydrogen-bond donors (Lipinski definition) is 2. The number of benzene rings is 1. The number of nitrogens with zero attached hydrogens (tertiary/aromatic N) is 5. The molecule has 27 heavy (non-hydrogen) atoms. The molecule has 0 saturated heterocycles. The fourth-order valence-electron chi connectivity index (χ4n) is 2.84. The van der Waals surface area contributed by atoms with Gasteiger partial charge in [-0.05, 0) is 31.2 Å². The van der Waals surface area contributed by atoms with Crippen LogP contribution in [0.2, 0.25) is 0 Å². The van der Waals surface area contributed by atoms with Crippen molar-refractivity contribution in [3.05, 3.63) is 54.6 Å². The van der Waals surface area contributed by atoms with Crippen LogP contribution in [-0.2, 0) is 0 Å². The summed E-state index contributed by atoms with van der Waals surface area (Å²) in [6.07, 6.45) is 5.28. The van der Waals surface area contributed by atoms with Gasteiger partial charge in [0.05, 0.1) is 24.5 Å². The molecule has 3 heterocycles. The highest BCUT2D eigenvalue weighted by atomic mass is 16.5. The highest BCUT2D eigenvalue weighted by Crippen LogP contribution is 2.33. The Kier molecular flexibility index (Phi) is 4.29. The Hall–Kier alpha value is -3.68. The Bertz CT molecular complexity index is 1070. The minimum Gasteiger partial charge on any atom is -0.496 e. The maximum absolute atomic E-state index is 5.52. The van der Waals surface area contributed by atoms with Crippen LogP contribution in [0.4, 0.5) is 17.5 Å². The number of ether oxygens (including phenoxy) is 1. The first-order chi connectivity index (χ1) is 13.2. The predicted molar refractivity (Wildman–Crippen MR) is 105 cm³/mol. The molecule has 0 amide bonds. The van der Waals surface area contributed by atoms with Crippen LogP contribution in [0.1, 0.15) is 5.69 Å². The van der Waals surface area contributed by atoms with Gasteiger partial charge in [0.25, 0.3) is 0 Å². The monoisotopic (exact) mass is 361 g/mol. The molecule has 0 aliphatic carbocycles. The van der Waals surface area contributed by atoms with E-state index in [2.05, 4.69) is 30.7 Å². The lowest BCUT2D eigenvalue weighted by Gasteiger charge is -2.11. The van der Waals surface area contributed by atoms with E-state index < -0.39 is 0 Å². The molecule has 0 bridgehead atoms. The highest BCUT2D eigenvalue weighted by Gasteiger charge is 2.12. The standard InChI is InChI=1S/C19H19N7O/c1-12-8-18(20-2)24-19(22-12)23-13-4-5-17(27-3)15(9-13)16-10-14-11-21-6-7-26(14)25-16/h4-11H,1-3H3,(H2,20,22,23,24). The normalized spacial score (nSPS) is 10.8. The number of nitrogens with one attached hydrogen (secondary N) is 2. The first-order valence-corrected chi connectivity index (χ1v) is 8.44. The molecule has 0 spiro atoms. The van der Waals surface area contributed by atoms with Gasteiger partial charge in [-0.15, -0.1) is 0 Å². The van der Waals surface area contributed by atoms with E-state index in [4.69, 9.17) is 4.74 Å². The average Bonchev–Trinajstić information content (AvgIpc) is 3.11. The molecule has 0 saturated carbocycles. The van der Waals surface area contributed by atoms with E-state index in [1.54, 1.807) is 24.0 Å². The van der Waals surface area contributed by atoms with Crippen LogP contribution < -0.4 is 15.4 Å². The zero-order valence-electron chi connectivity index (χ0n) is 15.3. The lowest BCUT2D eigenvalue weighted by atomic mass is 10.1. The molecule has 0 aliphatic rings. The molecule has 4 rings (SSSR count). The number of rotatable bonds is 5. The number of anilines is 3. The molecular formula is C19H19N7O. The van der Waals surface area contributed by atoms with Crippen LogP contribution in [0, 0.1) is 6.92 Å². The van der Waals surface area contributed by atoms with E-state index in [-0.39, 0.29) is 0 Å². The second-order valence-electron chi connectivity index (χ2n) is 5.98. The molecule has 2 N–H and O–H groups in total. The van der Waals surface area contributed by atoms with Crippen molar-refractivity contribution >= 4 is 23.0 Å². The summed E-state index contributed by atoms with van der Waals surface area (Å²) >= 11 is 0. The number of fused-ring (bicyclic) bond motifs is 1. The summed E-state index contributed by atoms with van der Waals surface area (Å²) in [7, 11) is 3.47. The van der Waals surface area contributed by atoms with Gasteiger partial charge in [-0.25, -0.2) is 9.50 Å². The summed E-state index contributed by atoms with van der Waals surface area (Å²) in [5.74, 6) is 2.01. The van der Waals surface area contributed by atoms with E-state index >= 15 is 0 Å². The molecule has 8 heteroatoms. The largest absolute Gasteiger partial charge is 0.496 e. The Morgan fingerprint density at radius 3 is 2.78 bits per heavy atom. The molecule has 0 atom stereocenters. The SMILES string of the molecule is CNc1cc(C)nc(Nc2ccc(OC)c(-c3cc4cnccn4n3)c2)n1. The lowest BCUT2D eigenvalue weighted by molar-refractivity contribution is 0.416. The molecule has 136 valence electrons. The van der Waals surface area contributed by atoms with Gasteiger partial charge in [0, 0.05) is 42.5 Å². The molecule has 8 nitrogen and oxygen atoms in total. The number of aryl methyl sites for hydroxylation is 1. The van der Waals surface area contributed by atoms with Gasteiger partial charge >= 0.3 is 0 Å². The van der Waals surface area contributed by atoms with Crippen LogP contribution in [0.5, 0.6) is 5.75 Å². The summed E-state index contributed by atoms with van der Waals surface area (Å²) in [6, 6.07) is 9.64. The maximum atomic E-state index is 5.52. The van der Waals surface area contributed by atoms with E-state index in [9.17, 15) is 0 Å². The van der Waals surface area contributed by atoms with Crippen molar-refractivity contribution in [3.8, 4) is 17.0 Å². The third kappa shape index (κ3) is 3.37. The molecule has 0 fully saturated rings. The van der Waals surface area contributed by atoms with Gasteiger partial charge in [0.2, 0.25) is 5.95 Å². The van der Waals surface area contributed by atoms with Gasteiger partial charge in [-0.1, -0.05) is 0 Å². The summed E-state index contributed by atoms with van der Waals surface area (Å²) < 4.78 is 7.31. The first kappa shape index (κ1) is 16.8. The molecule has 0 unspecified atom stereocenters. The second-order valence-corrected chi connectivity index (χ2v) is 5.98. The number of hydrogen-bond acceptors (Lipinski definition) is 7. The van der Waals surface area contributed by atoms with Gasteiger partial charge < -0.3 is 15.4 Å². The number of methoxy groups -OCH3 is 1. The zero-order chi connectivity index (χ0) is 18.8. The lowest BCUT2D eigenvalue weighted by Crippen LogP contribution is -2.02. The Balaban J connectivity index is 1.73. The van der Waals surface area contributed by atoms with Gasteiger partial charge in [0.1, 0.15) is 11.6 Å². The molecule has 1 aromatic carbocycles. The predicted octanol–water partition coefficient (Wildman–Crippen LogP) is 3.29. The van der Waals surface area contributed by atoms with E-state index in [0.717, 1.165) is 39.7 Å². The topological polar surface area (TPSA) is 89.3 Å². The Morgan fingerprint density at radius 1 is 1.11 bits per heavy atom. The first-order valence-electron chi connectivity index (χ1n) is 8.44. The minimum absolute atomic E-state index is 0.523. The summed E-state index contributed by atoms with van der Waals surface area (Å²) in [4.78, 5) is 13.0. The third-order valence-corrected chi connectivity index (χ3v) is 4.11. The van der Waals surface area contributed by atoms with Gasteiger partial charge in [0.15, 0.2) is 0 Å². The van der Waals surface area contributed by atoms with Crippen molar-refractivity contribution in [3.63, 3.8) is 0 Å². The third-order valence-electron chi connectivity index (χ3n) is 4.11. The average molecular weight is 361 g/mol. The molecule has 0 aliphatic heterocycles. The Labute approximate surface area is 156 Å². The molecule has 4 aromatic rings. The number of aromatic nitrogens is 5. The zero-order valence-corrected chi connectivity index (χ0v) is 15.3. The van der Waals surface area contributed by atoms with Crippen molar-refractivity contribution < 1.29 is 4.74 Å². The molecular weight excluding hydrogens is 342 g/mol. The molecule has 3 aromatic heterocycles.